The van der Waals surface area contributed by atoms with E-state index in [2.05, 4.69) is 30.9 Å². The Labute approximate surface area is 327 Å². The van der Waals surface area contributed by atoms with Crippen LogP contribution in [-0.4, -0.2) is 91.6 Å². The summed E-state index contributed by atoms with van der Waals surface area (Å²) in [5.41, 5.74) is 5.06. The number of anilines is 1. The first-order valence-corrected chi connectivity index (χ1v) is 20.8. The highest BCUT2D eigenvalue weighted by Gasteiger charge is 2.41. The van der Waals surface area contributed by atoms with Crippen molar-refractivity contribution in [3.8, 4) is 11.3 Å². The predicted octanol–water partition coefficient (Wildman–Crippen LogP) is 5.75. The summed E-state index contributed by atoms with van der Waals surface area (Å²) >= 11 is 6.59. The van der Waals surface area contributed by atoms with Gasteiger partial charge in [0.15, 0.2) is 0 Å². The number of hydrogen-bond acceptors (Lipinski definition) is 9. The molecule has 1 aromatic carbocycles. The maximum Gasteiger partial charge on any atom is 0.255 e. The largest absolute Gasteiger partial charge is 0.351 e. The van der Waals surface area contributed by atoms with E-state index in [4.69, 9.17) is 16.6 Å². The van der Waals surface area contributed by atoms with Gasteiger partial charge in [0.1, 0.15) is 11.9 Å². The molecule has 0 bridgehead atoms. The van der Waals surface area contributed by atoms with Crippen LogP contribution in [0.15, 0.2) is 24.5 Å². The second-order valence-electron chi connectivity index (χ2n) is 16.4. The molecule has 2 aliphatic carbocycles. The zero-order valence-electron chi connectivity index (χ0n) is 31.8. The van der Waals surface area contributed by atoms with E-state index in [9.17, 15) is 18.8 Å². The minimum atomic E-state index is -0.697. The van der Waals surface area contributed by atoms with Crippen molar-refractivity contribution in [2.45, 2.75) is 120 Å². The molecular weight excluding hydrogens is 721 g/mol. The summed E-state index contributed by atoms with van der Waals surface area (Å²) in [5, 5.41) is 14.8. The number of nitrogens with one attached hydrogen (secondary N) is 3. The highest BCUT2D eigenvalue weighted by molar-refractivity contribution is 6.33. The number of carbonyl (C=O) groups is 3. The number of piperidine rings is 2. The van der Waals surface area contributed by atoms with Crippen molar-refractivity contribution >= 4 is 35.3 Å². The first-order valence-electron chi connectivity index (χ1n) is 20.4. The Balaban J connectivity index is 0.727. The average Bonchev–Trinajstić information content (AvgIpc) is 3.86. The quantitative estimate of drug-likeness (QED) is 0.138. The molecule has 294 valence electrons. The van der Waals surface area contributed by atoms with Crippen molar-refractivity contribution in [3.63, 3.8) is 0 Å². The van der Waals surface area contributed by atoms with Crippen LogP contribution in [0.2, 0.25) is 5.02 Å². The van der Waals surface area contributed by atoms with Gasteiger partial charge >= 0.3 is 0 Å². The van der Waals surface area contributed by atoms with Gasteiger partial charge in [-0.15, -0.1) is 0 Å². The summed E-state index contributed by atoms with van der Waals surface area (Å²) in [5.74, 6) is 0.0596. The average molecular weight is 774 g/mol. The number of imide groups is 1. The van der Waals surface area contributed by atoms with E-state index in [-0.39, 0.29) is 30.7 Å². The molecule has 2 saturated carbocycles. The Bertz CT molecular complexity index is 1900. The highest BCUT2D eigenvalue weighted by Crippen LogP contribution is 2.39. The predicted molar refractivity (Wildman–Crippen MR) is 208 cm³/mol. The van der Waals surface area contributed by atoms with Gasteiger partial charge in [-0.05, 0) is 138 Å². The van der Waals surface area contributed by atoms with Crippen LogP contribution in [0.5, 0.6) is 0 Å². The summed E-state index contributed by atoms with van der Waals surface area (Å²) < 4.78 is 16.8. The van der Waals surface area contributed by atoms with E-state index in [0.717, 1.165) is 112 Å². The number of amides is 3. The smallest absolute Gasteiger partial charge is 0.255 e. The van der Waals surface area contributed by atoms with Crippen LogP contribution < -0.4 is 16.0 Å². The molecular formula is C41H53ClFN9O3. The van der Waals surface area contributed by atoms with Gasteiger partial charge in [0, 0.05) is 48.9 Å². The molecule has 3 aliphatic heterocycles. The highest BCUT2D eigenvalue weighted by atomic mass is 35.5. The Morgan fingerprint density at radius 1 is 0.927 bits per heavy atom. The monoisotopic (exact) mass is 773 g/mol. The number of fused-ring (bicyclic) bond motifs is 1. The number of carbonyl (C=O) groups excluding carboxylic acids is 3. The second kappa shape index (κ2) is 16.7. The standard InChI is InChI=1S/C41H53ClFN9O3/c1-50-36(19-25-5-6-25)32(22-46-50)38-34(42)23-45-41(49-38)47-29-9-7-28(8-10-29)44-15-3-2-4-16-51-17-13-26(14-18-51)30-20-27(43)21-31-33(30)24-52(40(31)55)35-11-12-37(53)48-39(35)54/h20-23,25-26,28-29,35,44H,2-19,24H2,1H3,(H,45,47,49)(H,48,53,54). The molecule has 55 heavy (non-hydrogen) atoms. The lowest BCUT2D eigenvalue weighted by molar-refractivity contribution is -0.136. The number of hydrogen-bond donors (Lipinski definition) is 3. The summed E-state index contributed by atoms with van der Waals surface area (Å²) in [7, 11) is 1.99. The van der Waals surface area contributed by atoms with Crippen LogP contribution in [-0.2, 0) is 29.6 Å². The molecule has 0 spiro atoms. The molecule has 2 aromatic heterocycles. The molecule has 12 nitrogen and oxygen atoms in total. The van der Waals surface area contributed by atoms with Crippen LogP contribution in [0.4, 0.5) is 10.3 Å². The number of benzene rings is 1. The van der Waals surface area contributed by atoms with Gasteiger partial charge in [-0.3, -0.25) is 24.4 Å². The van der Waals surface area contributed by atoms with Crippen molar-refractivity contribution in [1.82, 2.24) is 40.2 Å². The third-order valence-electron chi connectivity index (χ3n) is 12.6. The molecule has 3 N–H and O–H groups in total. The molecule has 1 atom stereocenters. The van der Waals surface area contributed by atoms with Gasteiger partial charge in [0.05, 0.1) is 23.1 Å². The summed E-state index contributed by atoms with van der Waals surface area (Å²) in [6.07, 6.45) is 17.4. The minimum Gasteiger partial charge on any atom is -0.351 e. The lowest BCUT2D eigenvalue weighted by Gasteiger charge is -2.33. The molecule has 5 aliphatic rings. The van der Waals surface area contributed by atoms with Gasteiger partial charge in [-0.2, -0.15) is 5.10 Å². The zero-order chi connectivity index (χ0) is 38.1. The van der Waals surface area contributed by atoms with E-state index >= 15 is 0 Å². The molecule has 3 amide bonds. The number of halogens is 2. The fourth-order valence-electron chi connectivity index (χ4n) is 9.18. The lowest BCUT2D eigenvalue weighted by atomic mass is 9.85. The topological polar surface area (TPSA) is 137 Å². The SMILES string of the molecule is Cn1ncc(-c2nc(NC3CCC(NCCCCCN4CCC(c5cc(F)cc6c5CN(C5CCC(=O)NC5=O)C6=O)CC4)CC3)ncc2Cl)c1CC1CC1. The lowest BCUT2D eigenvalue weighted by Crippen LogP contribution is -2.52. The maximum atomic E-state index is 14.8. The van der Waals surface area contributed by atoms with Gasteiger partial charge in [0.2, 0.25) is 17.8 Å². The van der Waals surface area contributed by atoms with E-state index in [1.54, 1.807) is 12.3 Å². The number of rotatable bonds is 14. The number of likely N-dealkylation sites (tertiary alicyclic amines) is 1. The van der Waals surface area contributed by atoms with Gasteiger partial charge in [-0.25, -0.2) is 14.4 Å². The van der Waals surface area contributed by atoms with E-state index < -0.39 is 17.8 Å². The number of aromatic nitrogens is 4. The summed E-state index contributed by atoms with van der Waals surface area (Å²) in [6, 6.07) is 3.08. The van der Waals surface area contributed by atoms with Gasteiger partial charge in [-0.1, -0.05) is 18.0 Å². The second-order valence-corrected chi connectivity index (χ2v) is 16.8. The number of nitrogens with zero attached hydrogens (tertiary/aromatic N) is 6. The minimum absolute atomic E-state index is 0.178. The molecule has 14 heteroatoms. The van der Waals surface area contributed by atoms with Crippen LogP contribution in [0, 0.1) is 11.7 Å². The molecule has 0 radical (unpaired) electrons. The third kappa shape index (κ3) is 8.73. The first-order chi connectivity index (χ1) is 26.7. The van der Waals surface area contributed by atoms with E-state index in [0.29, 0.717) is 35.0 Å². The Morgan fingerprint density at radius 3 is 2.47 bits per heavy atom. The fraction of sp³-hybridized carbons (Fsp3) is 0.610. The van der Waals surface area contributed by atoms with Crippen molar-refractivity contribution < 1.29 is 18.8 Å². The first kappa shape index (κ1) is 38.0. The molecule has 3 aromatic rings. The van der Waals surface area contributed by atoms with Crippen LogP contribution in [0.3, 0.4) is 0 Å². The fourth-order valence-corrected chi connectivity index (χ4v) is 9.37. The summed E-state index contributed by atoms with van der Waals surface area (Å²) in [6.45, 7) is 4.27. The third-order valence-corrected chi connectivity index (χ3v) is 12.8. The van der Waals surface area contributed by atoms with Crippen molar-refractivity contribution in [2.75, 3.05) is 31.5 Å². The van der Waals surface area contributed by atoms with Crippen molar-refractivity contribution in [2.24, 2.45) is 13.0 Å². The molecule has 2 saturated heterocycles. The van der Waals surface area contributed by atoms with Gasteiger partial charge in [0.25, 0.3) is 5.91 Å². The number of unbranched alkanes of at least 4 members (excludes halogenated alkanes) is 2. The molecule has 1 unspecified atom stereocenters. The summed E-state index contributed by atoms with van der Waals surface area (Å²) in [4.78, 5) is 50.8. The van der Waals surface area contributed by atoms with E-state index in [1.165, 1.54) is 35.9 Å². The van der Waals surface area contributed by atoms with Crippen LogP contribution in [0.25, 0.3) is 11.3 Å². The van der Waals surface area contributed by atoms with Crippen molar-refractivity contribution in [3.05, 3.63) is 57.8 Å². The normalized spacial score (nSPS) is 23.7. The maximum absolute atomic E-state index is 14.8. The van der Waals surface area contributed by atoms with Crippen LogP contribution in [0.1, 0.15) is 117 Å². The Morgan fingerprint density at radius 2 is 1.71 bits per heavy atom. The number of aryl methyl sites for hydroxylation is 1. The Kier molecular flexibility index (Phi) is 11.5. The molecule has 5 heterocycles. The van der Waals surface area contributed by atoms with Gasteiger partial charge < -0.3 is 20.4 Å². The Hall–Kier alpha value is -3.94. The zero-order valence-corrected chi connectivity index (χ0v) is 32.6. The van der Waals surface area contributed by atoms with E-state index in [1.807, 2.05) is 17.9 Å². The molecule has 8 rings (SSSR count). The molecule has 4 fully saturated rings. The van der Waals surface area contributed by atoms with Crippen molar-refractivity contribution in [1.29, 1.82) is 0 Å². The van der Waals surface area contributed by atoms with Crippen LogP contribution >= 0.6 is 11.6 Å².